The number of carboxylic acid groups (broad SMARTS) is 1. The van der Waals surface area contributed by atoms with Crippen molar-refractivity contribution in [3.05, 3.63) is 0 Å². The van der Waals surface area contributed by atoms with E-state index in [1.807, 2.05) is 0 Å². The van der Waals surface area contributed by atoms with Gasteiger partial charge in [0, 0.05) is 6.61 Å². The smallest absolute Gasteiger partial charge is 0.324 e. The van der Waals surface area contributed by atoms with E-state index < -0.39 is 25.8 Å². The number of carbonyl (C=O) groups is 1. The largest absolute Gasteiger partial charge is 0.480 e. The lowest BCUT2D eigenvalue weighted by Crippen LogP contribution is -2.48. The first-order chi connectivity index (χ1) is 6.80. The van der Waals surface area contributed by atoms with Crippen LogP contribution < -0.4 is 0 Å². The Balaban J connectivity index is 2.95. The SMILES string of the molecule is CC(C)(C(=O)O)S(=O)(=O)C1CCCOC1. The highest BCUT2D eigenvalue weighted by atomic mass is 32.2. The van der Waals surface area contributed by atoms with Crippen molar-refractivity contribution in [1.82, 2.24) is 0 Å². The van der Waals surface area contributed by atoms with E-state index in [1.54, 1.807) is 0 Å². The zero-order valence-electron chi connectivity index (χ0n) is 8.89. The van der Waals surface area contributed by atoms with Crippen LogP contribution in [0.1, 0.15) is 26.7 Å². The van der Waals surface area contributed by atoms with Gasteiger partial charge in [0.1, 0.15) is 0 Å². The van der Waals surface area contributed by atoms with E-state index in [4.69, 9.17) is 9.84 Å². The minimum absolute atomic E-state index is 0.110. The third-order valence-electron chi connectivity index (χ3n) is 2.78. The van der Waals surface area contributed by atoms with Crippen LogP contribution in [-0.2, 0) is 19.4 Å². The van der Waals surface area contributed by atoms with E-state index in [1.165, 1.54) is 13.8 Å². The first kappa shape index (κ1) is 12.4. The van der Waals surface area contributed by atoms with Gasteiger partial charge in [-0.1, -0.05) is 0 Å². The molecule has 0 bridgehead atoms. The van der Waals surface area contributed by atoms with Crippen LogP contribution in [0.15, 0.2) is 0 Å². The molecule has 6 heteroatoms. The number of aliphatic carboxylic acids is 1. The van der Waals surface area contributed by atoms with Crippen molar-refractivity contribution in [3.63, 3.8) is 0 Å². The van der Waals surface area contributed by atoms with Gasteiger partial charge in [-0.05, 0) is 26.7 Å². The Hall–Kier alpha value is -0.620. The van der Waals surface area contributed by atoms with Gasteiger partial charge in [0.15, 0.2) is 14.6 Å². The molecule has 1 rings (SSSR count). The molecule has 1 heterocycles. The van der Waals surface area contributed by atoms with Crippen LogP contribution in [0.25, 0.3) is 0 Å². The van der Waals surface area contributed by atoms with Gasteiger partial charge in [-0.25, -0.2) is 8.42 Å². The molecule has 1 unspecified atom stereocenters. The van der Waals surface area contributed by atoms with Crippen LogP contribution in [-0.4, -0.2) is 42.7 Å². The summed E-state index contributed by atoms with van der Waals surface area (Å²) in [6.45, 7) is 3.11. The standard InChI is InChI=1S/C9H16O5S/c1-9(2,8(10)11)15(12,13)7-4-3-5-14-6-7/h7H,3-6H2,1-2H3,(H,10,11). The fourth-order valence-electron chi connectivity index (χ4n) is 1.49. The molecular weight excluding hydrogens is 220 g/mol. The van der Waals surface area contributed by atoms with Crippen LogP contribution in [0.2, 0.25) is 0 Å². The van der Waals surface area contributed by atoms with Crippen LogP contribution in [0.5, 0.6) is 0 Å². The van der Waals surface area contributed by atoms with E-state index in [0.717, 1.165) is 0 Å². The Bertz CT molecular complexity index is 338. The minimum Gasteiger partial charge on any atom is -0.480 e. The van der Waals surface area contributed by atoms with Crippen LogP contribution in [0.4, 0.5) is 0 Å². The average Bonchev–Trinajstić information content (AvgIpc) is 2.18. The maximum absolute atomic E-state index is 12.0. The van der Waals surface area contributed by atoms with Crippen molar-refractivity contribution in [1.29, 1.82) is 0 Å². The monoisotopic (exact) mass is 236 g/mol. The number of sulfone groups is 1. The molecule has 0 radical (unpaired) electrons. The number of hydrogen-bond donors (Lipinski definition) is 1. The molecular formula is C9H16O5S. The molecule has 0 aromatic heterocycles. The molecule has 0 aliphatic carbocycles. The summed E-state index contributed by atoms with van der Waals surface area (Å²) in [6.07, 6.45) is 1.15. The molecule has 1 aliphatic heterocycles. The summed E-state index contributed by atoms with van der Waals surface area (Å²) in [6, 6.07) is 0. The predicted molar refractivity (Wildman–Crippen MR) is 54.5 cm³/mol. The van der Waals surface area contributed by atoms with Gasteiger partial charge < -0.3 is 9.84 Å². The van der Waals surface area contributed by atoms with Gasteiger partial charge >= 0.3 is 5.97 Å². The van der Waals surface area contributed by atoms with Crippen molar-refractivity contribution in [2.75, 3.05) is 13.2 Å². The summed E-state index contributed by atoms with van der Waals surface area (Å²) in [4.78, 5) is 10.9. The predicted octanol–water partition coefficient (Wildman–Crippen LogP) is 0.443. The molecule has 5 nitrogen and oxygen atoms in total. The van der Waals surface area contributed by atoms with Gasteiger partial charge in [-0.3, -0.25) is 4.79 Å². The molecule has 1 atom stereocenters. The molecule has 88 valence electrons. The zero-order valence-corrected chi connectivity index (χ0v) is 9.71. The van der Waals surface area contributed by atoms with Crippen molar-refractivity contribution < 1.29 is 23.1 Å². The highest BCUT2D eigenvalue weighted by Gasteiger charge is 2.46. The zero-order chi connectivity index (χ0) is 11.7. The van der Waals surface area contributed by atoms with E-state index in [2.05, 4.69) is 0 Å². The topological polar surface area (TPSA) is 80.7 Å². The van der Waals surface area contributed by atoms with E-state index in [0.29, 0.717) is 19.4 Å². The number of carboxylic acids is 1. The Morgan fingerprint density at radius 2 is 2.07 bits per heavy atom. The Kier molecular flexibility index (Phi) is 3.40. The average molecular weight is 236 g/mol. The summed E-state index contributed by atoms with van der Waals surface area (Å²) in [5.41, 5.74) is 0. The van der Waals surface area contributed by atoms with Crippen LogP contribution in [0, 0.1) is 0 Å². The van der Waals surface area contributed by atoms with Gasteiger partial charge in [-0.2, -0.15) is 0 Å². The summed E-state index contributed by atoms with van der Waals surface area (Å²) in [7, 11) is -3.69. The number of hydrogen-bond acceptors (Lipinski definition) is 4. The second-order valence-electron chi connectivity index (χ2n) is 4.20. The van der Waals surface area contributed by atoms with Gasteiger partial charge in [0.25, 0.3) is 0 Å². The van der Waals surface area contributed by atoms with Crippen molar-refractivity contribution in [2.45, 2.75) is 36.7 Å². The van der Waals surface area contributed by atoms with E-state index >= 15 is 0 Å². The fraction of sp³-hybridized carbons (Fsp3) is 0.889. The van der Waals surface area contributed by atoms with Crippen LogP contribution >= 0.6 is 0 Å². The summed E-state index contributed by atoms with van der Waals surface area (Å²) in [5.74, 6) is -1.31. The molecule has 15 heavy (non-hydrogen) atoms. The lowest BCUT2D eigenvalue weighted by atomic mass is 10.2. The first-order valence-electron chi connectivity index (χ1n) is 4.84. The lowest BCUT2D eigenvalue weighted by Gasteiger charge is -2.29. The summed E-state index contributed by atoms with van der Waals surface area (Å²) in [5, 5.41) is 8.20. The Morgan fingerprint density at radius 1 is 1.47 bits per heavy atom. The molecule has 0 aromatic carbocycles. The van der Waals surface area contributed by atoms with Gasteiger partial charge in [-0.15, -0.1) is 0 Å². The molecule has 0 spiro atoms. The molecule has 0 aromatic rings. The summed E-state index contributed by atoms with van der Waals surface area (Å²) < 4.78 is 27.3. The van der Waals surface area contributed by atoms with Crippen molar-refractivity contribution in [3.8, 4) is 0 Å². The number of rotatable bonds is 3. The third kappa shape index (κ3) is 2.15. The van der Waals surface area contributed by atoms with Crippen LogP contribution in [0.3, 0.4) is 0 Å². The Labute approximate surface area is 89.3 Å². The molecule has 1 fully saturated rings. The van der Waals surface area contributed by atoms with Gasteiger partial charge in [0.2, 0.25) is 0 Å². The highest BCUT2D eigenvalue weighted by molar-refractivity contribution is 7.94. The summed E-state index contributed by atoms with van der Waals surface area (Å²) >= 11 is 0. The quantitative estimate of drug-likeness (QED) is 0.769. The maximum atomic E-state index is 12.0. The third-order valence-corrected chi connectivity index (χ3v) is 5.63. The second-order valence-corrected chi connectivity index (χ2v) is 6.98. The van der Waals surface area contributed by atoms with Crippen molar-refractivity contribution in [2.24, 2.45) is 0 Å². The highest BCUT2D eigenvalue weighted by Crippen LogP contribution is 2.26. The van der Waals surface area contributed by atoms with E-state index in [9.17, 15) is 13.2 Å². The first-order valence-corrected chi connectivity index (χ1v) is 6.39. The molecule has 0 amide bonds. The molecule has 1 saturated heterocycles. The van der Waals surface area contributed by atoms with Gasteiger partial charge in [0.05, 0.1) is 11.9 Å². The lowest BCUT2D eigenvalue weighted by molar-refractivity contribution is -0.139. The number of ether oxygens (including phenoxy) is 1. The molecule has 1 aliphatic rings. The van der Waals surface area contributed by atoms with E-state index in [-0.39, 0.29) is 6.61 Å². The normalized spacial score (nSPS) is 23.7. The molecule has 1 N–H and O–H groups in total. The Morgan fingerprint density at radius 3 is 2.47 bits per heavy atom. The minimum atomic E-state index is -3.69. The van der Waals surface area contributed by atoms with Crippen molar-refractivity contribution >= 4 is 15.8 Å². The maximum Gasteiger partial charge on any atom is 0.324 e. The molecule has 0 saturated carbocycles. The second kappa shape index (κ2) is 4.09. The fourth-order valence-corrected chi connectivity index (χ4v) is 3.32.